The Balaban J connectivity index is 1.69. The molecule has 0 aliphatic carbocycles. The summed E-state index contributed by atoms with van der Waals surface area (Å²) in [5, 5.41) is 14.2. The van der Waals surface area contributed by atoms with E-state index in [2.05, 4.69) is 10.6 Å². The van der Waals surface area contributed by atoms with Crippen LogP contribution < -0.4 is 16.4 Å². The van der Waals surface area contributed by atoms with Crippen molar-refractivity contribution in [3.05, 3.63) is 107 Å². The quantitative estimate of drug-likeness (QED) is 0.419. The Hall–Kier alpha value is -4.64. The monoisotopic (exact) mass is 470 g/mol. The van der Waals surface area contributed by atoms with Crippen molar-refractivity contribution in [2.75, 3.05) is 0 Å². The van der Waals surface area contributed by atoms with E-state index in [0.29, 0.717) is 5.56 Å². The minimum absolute atomic E-state index is 0.0505. The Kier molecular flexibility index (Phi) is 8.97. The second-order valence-electron chi connectivity index (χ2n) is 7.92. The molecule has 3 aromatic rings. The average Bonchev–Trinajstić information content (AvgIpc) is 2.88. The first-order valence-electron chi connectivity index (χ1n) is 11.0. The minimum atomic E-state index is -1.00. The highest BCUT2D eigenvalue weighted by molar-refractivity contribution is 5.91. The second-order valence-corrected chi connectivity index (χ2v) is 7.92. The molecule has 2 atom stereocenters. The lowest BCUT2D eigenvalue weighted by atomic mass is 10.0. The predicted octanol–water partition coefficient (Wildman–Crippen LogP) is 2.61. The van der Waals surface area contributed by atoms with Crippen molar-refractivity contribution in [1.82, 2.24) is 10.6 Å². The lowest BCUT2D eigenvalue weighted by molar-refractivity contribution is -0.128. The molecule has 0 bridgehead atoms. The van der Waals surface area contributed by atoms with Gasteiger partial charge in [-0.3, -0.25) is 9.59 Å². The Morgan fingerprint density at radius 1 is 0.771 bits per heavy atom. The maximum absolute atomic E-state index is 13.1. The molecular weight excluding hydrogens is 444 g/mol. The van der Waals surface area contributed by atoms with Crippen molar-refractivity contribution in [2.24, 2.45) is 5.73 Å². The highest BCUT2D eigenvalue weighted by Gasteiger charge is 2.26. The van der Waals surface area contributed by atoms with Gasteiger partial charge in [0.15, 0.2) is 0 Å². The van der Waals surface area contributed by atoms with Crippen molar-refractivity contribution in [3.63, 3.8) is 0 Å². The van der Waals surface area contributed by atoms with E-state index >= 15 is 0 Å². The lowest BCUT2D eigenvalue weighted by Crippen LogP contribution is -2.54. The Bertz CT molecular complexity index is 1180. The van der Waals surface area contributed by atoms with Crippen LogP contribution in [0.4, 0.5) is 4.79 Å². The summed E-state index contributed by atoms with van der Waals surface area (Å²) >= 11 is 0. The third kappa shape index (κ3) is 8.02. The largest absolute Gasteiger partial charge is 0.445 e. The molecule has 0 spiro atoms. The van der Waals surface area contributed by atoms with Crippen LogP contribution in [0.2, 0.25) is 0 Å². The number of carbonyl (C=O) groups is 3. The molecule has 3 amide bonds. The molecule has 0 heterocycles. The van der Waals surface area contributed by atoms with Gasteiger partial charge in [-0.05, 0) is 28.8 Å². The number of benzene rings is 3. The fourth-order valence-corrected chi connectivity index (χ4v) is 3.41. The Morgan fingerprint density at radius 3 is 1.89 bits per heavy atom. The van der Waals surface area contributed by atoms with E-state index < -0.39 is 30.0 Å². The van der Waals surface area contributed by atoms with Gasteiger partial charge in [0, 0.05) is 12.8 Å². The number of rotatable bonds is 10. The number of nitriles is 1. The molecule has 3 rings (SSSR count). The fraction of sp³-hybridized carbons (Fsp3) is 0.185. The van der Waals surface area contributed by atoms with Crippen LogP contribution in [-0.4, -0.2) is 30.0 Å². The highest BCUT2D eigenvalue weighted by Crippen LogP contribution is 2.09. The van der Waals surface area contributed by atoms with Crippen molar-refractivity contribution in [2.45, 2.75) is 31.5 Å². The molecule has 35 heavy (non-hydrogen) atoms. The van der Waals surface area contributed by atoms with Gasteiger partial charge in [0.2, 0.25) is 11.8 Å². The summed E-state index contributed by atoms with van der Waals surface area (Å²) in [6, 6.07) is 25.0. The smallest absolute Gasteiger partial charge is 0.408 e. The van der Waals surface area contributed by atoms with Gasteiger partial charge in [0.25, 0.3) is 0 Å². The first kappa shape index (κ1) is 25.0. The van der Waals surface area contributed by atoms with Crippen LogP contribution in [0.3, 0.4) is 0 Å². The summed E-state index contributed by atoms with van der Waals surface area (Å²) in [4.78, 5) is 37.7. The molecular formula is C27H26N4O4. The van der Waals surface area contributed by atoms with Crippen LogP contribution in [0.15, 0.2) is 84.9 Å². The molecule has 0 aromatic heterocycles. The zero-order chi connectivity index (χ0) is 25.0. The first-order chi connectivity index (χ1) is 16.9. The molecule has 0 aliphatic rings. The molecule has 0 aliphatic heterocycles. The number of ether oxygens (including phenoxy) is 1. The molecule has 0 saturated heterocycles. The number of alkyl carbamates (subject to hydrolysis) is 1. The average molecular weight is 471 g/mol. The van der Waals surface area contributed by atoms with Gasteiger partial charge in [0.05, 0.1) is 11.6 Å². The van der Waals surface area contributed by atoms with Gasteiger partial charge in [-0.25, -0.2) is 4.79 Å². The number of nitrogens with zero attached hydrogens (tertiary/aromatic N) is 1. The number of carbonyl (C=O) groups excluding carboxylic acids is 3. The van der Waals surface area contributed by atoms with Crippen LogP contribution in [0.25, 0.3) is 0 Å². The van der Waals surface area contributed by atoms with E-state index in [9.17, 15) is 14.4 Å². The van der Waals surface area contributed by atoms with Crippen molar-refractivity contribution in [3.8, 4) is 6.07 Å². The van der Waals surface area contributed by atoms with E-state index in [1.807, 2.05) is 66.7 Å². The molecule has 0 fully saturated rings. The number of nitrogens with one attached hydrogen (secondary N) is 2. The maximum atomic E-state index is 13.1. The van der Waals surface area contributed by atoms with Gasteiger partial charge in [-0.15, -0.1) is 0 Å². The zero-order valence-electron chi connectivity index (χ0n) is 19.0. The molecule has 8 heteroatoms. The zero-order valence-corrected chi connectivity index (χ0v) is 19.0. The molecule has 0 unspecified atom stereocenters. The standard InChI is InChI=1S/C27H26N4O4/c28-17-21-13-11-20(12-14-21)15-23(25(29)32)30-26(33)24(16-19-7-3-1-4-8-19)31-27(34)35-18-22-9-5-2-6-10-22/h1-14,23-24H,15-16,18H2,(H2,29,32)(H,30,33)(H,31,34)/t23-,24-/m0/s1. The summed E-state index contributed by atoms with van der Waals surface area (Å²) in [6.45, 7) is 0.0505. The fourth-order valence-electron chi connectivity index (χ4n) is 3.41. The van der Waals surface area contributed by atoms with E-state index in [-0.39, 0.29) is 19.4 Å². The van der Waals surface area contributed by atoms with Crippen LogP contribution in [0.5, 0.6) is 0 Å². The summed E-state index contributed by atoms with van der Waals surface area (Å²) in [5.74, 6) is -1.28. The van der Waals surface area contributed by atoms with Crippen molar-refractivity contribution >= 4 is 17.9 Å². The number of nitrogens with two attached hydrogens (primary N) is 1. The lowest BCUT2D eigenvalue weighted by Gasteiger charge is -2.22. The number of hydrogen-bond donors (Lipinski definition) is 3. The summed E-state index contributed by atoms with van der Waals surface area (Å²) in [7, 11) is 0. The van der Waals surface area contributed by atoms with Gasteiger partial charge >= 0.3 is 6.09 Å². The molecule has 178 valence electrons. The molecule has 0 radical (unpaired) electrons. The predicted molar refractivity (Wildman–Crippen MR) is 130 cm³/mol. The number of amides is 3. The van der Waals surface area contributed by atoms with Crippen LogP contribution in [0.1, 0.15) is 22.3 Å². The maximum Gasteiger partial charge on any atom is 0.408 e. The Labute approximate surface area is 203 Å². The highest BCUT2D eigenvalue weighted by atomic mass is 16.5. The third-order valence-electron chi connectivity index (χ3n) is 5.29. The number of primary amides is 1. The molecule has 4 N–H and O–H groups in total. The minimum Gasteiger partial charge on any atom is -0.445 e. The van der Waals surface area contributed by atoms with E-state index in [4.69, 9.17) is 15.7 Å². The Morgan fingerprint density at radius 2 is 1.31 bits per heavy atom. The van der Waals surface area contributed by atoms with Gasteiger partial charge in [-0.1, -0.05) is 72.8 Å². The summed E-state index contributed by atoms with van der Waals surface area (Å²) in [6.07, 6.45) is -0.425. The van der Waals surface area contributed by atoms with E-state index in [0.717, 1.165) is 16.7 Å². The third-order valence-corrected chi connectivity index (χ3v) is 5.29. The molecule has 8 nitrogen and oxygen atoms in total. The van der Waals surface area contributed by atoms with Gasteiger partial charge in [0.1, 0.15) is 18.7 Å². The SMILES string of the molecule is N#Cc1ccc(C[C@H](NC(=O)[C@H](Cc2ccccc2)NC(=O)OCc2ccccc2)C(N)=O)cc1. The van der Waals surface area contributed by atoms with E-state index in [1.54, 1.807) is 24.3 Å². The van der Waals surface area contributed by atoms with Gasteiger partial charge < -0.3 is 21.1 Å². The summed E-state index contributed by atoms with van der Waals surface area (Å²) in [5.41, 5.74) is 8.37. The normalized spacial score (nSPS) is 12.0. The van der Waals surface area contributed by atoms with Crippen LogP contribution in [-0.2, 0) is 33.8 Å². The van der Waals surface area contributed by atoms with E-state index in [1.165, 1.54) is 0 Å². The van der Waals surface area contributed by atoms with Crippen LogP contribution >= 0.6 is 0 Å². The van der Waals surface area contributed by atoms with Crippen molar-refractivity contribution < 1.29 is 19.1 Å². The summed E-state index contributed by atoms with van der Waals surface area (Å²) < 4.78 is 5.27. The van der Waals surface area contributed by atoms with Crippen molar-refractivity contribution in [1.29, 1.82) is 5.26 Å². The number of hydrogen-bond acceptors (Lipinski definition) is 5. The topological polar surface area (TPSA) is 134 Å². The van der Waals surface area contributed by atoms with Crippen LogP contribution in [0, 0.1) is 11.3 Å². The molecule has 3 aromatic carbocycles. The first-order valence-corrected chi connectivity index (χ1v) is 11.0. The molecule has 0 saturated carbocycles. The second kappa shape index (κ2) is 12.6. The van der Waals surface area contributed by atoms with Gasteiger partial charge in [-0.2, -0.15) is 5.26 Å².